The summed E-state index contributed by atoms with van der Waals surface area (Å²) in [5.74, 6) is 1.06. The summed E-state index contributed by atoms with van der Waals surface area (Å²) in [5.41, 5.74) is 0.743. The molecule has 1 unspecified atom stereocenters. The van der Waals surface area contributed by atoms with Crippen LogP contribution < -0.4 is 9.47 Å². The largest absolute Gasteiger partial charge is 0.493 e. The van der Waals surface area contributed by atoms with E-state index in [-0.39, 0.29) is 25.9 Å². The molecular weight excluding hydrogens is 248 g/mol. The number of hydrogen-bond donors (Lipinski definition) is 2. The van der Waals surface area contributed by atoms with E-state index in [4.69, 9.17) is 19.3 Å². The fourth-order valence-electron chi connectivity index (χ4n) is 1.47. The average Bonchev–Trinajstić information content (AvgIpc) is 2.42. The summed E-state index contributed by atoms with van der Waals surface area (Å²) < 4.78 is 15.9. The Morgan fingerprint density at radius 3 is 2.47 bits per heavy atom. The lowest BCUT2D eigenvalue weighted by Gasteiger charge is -2.16. The van der Waals surface area contributed by atoms with Gasteiger partial charge in [0.2, 0.25) is 0 Å². The lowest BCUT2D eigenvalue weighted by molar-refractivity contribution is -0.0125. The summed E-state index contributed by atoms with van der Waals surface area (Å²) in [6.45, 7) is 4.12. The second-order valence-electron chi connectivity index (χ2n) is 4.49. The molecule has 19 heavy (non-hydrogen) atoms. The van der Waals surface area contributed by atoms with Crippen LogP contribution in [0.25, 0.3) is 0 Å². The van der Waals surface area contributed by atoms with Crippen LogP contribution in [0.4, 0.5) is 0 Å². The van der Waals surface area contributed by atoms with Crippen LogP contribution in [0.15, 0.2) is 18.2 Å². The molecule has 2 N–H and O–H groups in total. The van der Waals surface area contributed by atoms with Gasteiger partial charge in [0, 0.05) is 0 Å². The highest BCUT2D eigenvalue weighted by Crippen LogP contribution is 2.28. The summed E-state index contributed by atoms with van der Waals surface area (Å²) in [4.78, 5) is 0. The normalized spacial score (nSPS) is 12.5. The molecule has 0 aromatic heterocycles. The highest BCUT2D eigenvalue weighted by atomic mass is 16.5. The summed E-state index contributed by atoms with van der Waals surface area (Å²) in [6.07, 6.45) is -0.613. The molecule has 0 saturated heterocycles. The lowest BCUT2D eigenvalue weighted by atomic mass is 10.2. The van der Waals surface area contributed by atoms with Crippen molar-refractivity contribution in [2.24, 2.45) is 0 Å². The lowest BCUT2D eigenvalue weighted by Crippen LogP contribution is -2.25. The van der Waals surface area contributed by atoms with E-state index >= 15 is 0 Å². The minimum atomic E-state index is -0.690. The molecule has 5 heteroatoms. The van der Waals surface area contributed by atoms with E-state index in [2.05, 4.69) is 0 Å². The van der Waals surface area contributed by atoms with Gasteiger partial charge in [0.15, 0.2) is 11.5 Å². The fraction of sp³-hybridized carbons (Fsp3) is 0.571. The number of aliphatic hydroxyl groups is 2. The van der Waals surface area contributed by atoms with Crippen molar-refractivity contribution >= 4 is 0 Å². The molecule has 1 aromatic carbocycles. The Morgan fingerprint density at radius 2 is 1.89 bits per heavy atom. The molecule has 1 aromatic rings. The maximum absolute atomic E-state index is 9.69. The molecular formula is C14H22O5. The zero-order valence-corrected chi connectivity index (χ0v) is 11.6. The molecule has 5 nitrogen and oxygen atoms in total. The van der Waals surface area contributed by atoms with Crippen LogP contribution in [-0.4, -0.2) is 42.7 Å². The molecule has 1 atom stereocenters. The molecule has 0 saturated carbocycles. The second-order valence-corrected chi connectivity index (χ2v) is 4.49. The summed E-state index contributed by atoms with van der Waals surface area (Å²) in [7, 11) is 1.53. The van der Waals surface area contributed by atoms with Crippen molar-refractivity contribution in [2.75, 3.05) is 20.3 Å². The van der Waals surface area contributed by atoms with E-state index in [1.54, 1.807) is 18.2 Å². The van der Waals surface area contributed by atoms with Gasteiger partial charge < -0.3 is 24.4 Å². The van der Waals surface area contributed by atoms with E-state index in [0.717, 1.165) is 5.56 Å². The monoisotopic (exact) mass is 270 g/mol. The van der Waals surface area contributed by atoms with E-state index in [1.807, 2.05) is 13.8 Å². The van der Waals surface area contributed by atoms with Gasteiger partial charge in [0.1, 0.15) is 12.7 Å². The minimum Gasteiger partial charge on any atom is -0.493 e. The Labute approximate surface area is 113 Å². The average molecular weight is 270 g/mol. The molecule has 0 fully saturated rings. The molecule has 0 radical (unpaired) electrons. The van der Waals surface area contributed by atoms with Gasteiger partial charge in [0.05, 0.1) is 26.4 Å². The van der Waals surface area contributed by atoms with Gasteiger partial charge in [-0.1, -0.05) is 6.07 Å². The molecule has 0 heterocycles. The number of aliphatic hydroxyl groups excluding tert-OH is 2. The SMILES string of the molecule is COc1cc(CO)ccc1OCC(O)COC(C)C. The first-order valence-corrected chi connectivity index (χ1v) is 6.27. The third kappa shape index (κ3) is 5.46. The third-order valence-corrected chi connectivity index (χ3v) is 2.46. The van der Waals surface area contributed by atoms with Gasteiger partial charge in [-0.15, -0.1) is 0 Å². The molecule has 0 spiro atoms. The maximum atomic E-state index is 9.69. The first-order chi connectivity index (χ1) is 9.06. The van der Waals surface area contributed by atoms with Gasteiger partial charge in [-0.3, -0.25) is 0 Å². The standard InChI is InChI=1S/C14H22O5/c1-10(2)18-8-12(16)9-19-13-5-4-11(7-15)6-14(13)17-3/h4-6,10,12,15-16H,7-9H2,1-3H3. The van der Waals surface area contributed by atoms with Crippen LogP contribution in [-0.2, 0) is 11.3 Å². The van der Waals surface area contributed by atoms with Crippen LogP contribution in [0, 0.1) is 0 Å². The first-order valence-electron chi connectivity index (χ1n) is 6.27. The number of ether oxygens (including phenoxy) is 3. The highest BCUT2D eigenvalue weighted by Gasteiger charge is 2.10. The Morgan fingerprint density at radius 1 is 1.16 bits per heavy atom. The number of rotatable bonds is 8. The van der Waals surface area contributed by atoms with Crippen LogP contribution in [0.5, 0.6) is 11.5 Å². The van der Waals surface area contributed by atoms with E-state index < -0.39 is 6.10 Å². The van der Waals surface area contributed by atoms with E-state index in [0.29, 0.717) is 11.5 Å². The molecule has 0 aliphatic heterocycles. The minimum absolute atomic E-state index is 0.0541. The molecule has 0 aliphatic rings. The van der Waals surface area contributed by atoms with Gasteiger partial charge in [-0.25, -0.2) is 0 Å². The fourth-order valence-corrected chi connectivity index (χ4v) is 1.47. The van der Waals surface area contributed by atoms with Crippen molar-refractivity contribution in [1.82, 2.24) is 0 Å². The predicted molar refractivity (Wildman–Crippen MR) is 71.5 cm³/mol. The summed E-state index contributed by atoms with van der Waals surface area (Å²) >= 11 is 0. The zero-order valence-electron chi connectivity index (χ0n) is 11.6. The summed E-state index contributed by atoms with van der Waals surface area (Å²) in [5, 5.41) is 18.7. The van der Waals surface area contributed by atoms with Gasteiger partial charge in [0.25, 0.3) is 0 Å². The van der Waals surface area contributed by atoms with E-state index in [9.17, 15) is 5.11 Å². The topological polar surface area (TPSA) is 68.2 Å². The molecule has 0 bridgehead atoms. The predicted octanol–water partition coefficient (Wildman–Crippen LogP) is 1.35. The number of hydrogen-bond acceptors (Lipinski definition) is 5. The van der Waals surface area contributed by atoms with Gasteiger partial charge in [-0.05, 0) is 31.5 Å². The Balaban J connectivity index is 2.52. The number of benzene rings is 1. The summed E-state index contributed by atoms with van der Waals surface area (Å²) in [6, 6.07) is 5.15. The number of methoxy groups -OCH3 is 1. The maximum Gasteiger partial charge on any atom is 0.161 e. The van der Waals surface area contributed by atoms with Crippen LogP contribution in [0.2, 0.25) is 0 Å². The molecule has 0 amide bonds. The van der Waals surface area contributed by atoms with E-state index in [1.165, 1.54) is 7.11 Å². The Kier molecular flexibility index (Phi) is 6.62. The van der Waals surface area contributed by atoms with Crippen molar-refractivity contribution in [3.05, 3.63) is 23.8 Å². The van der Waals surface area contributed by atoms with Crippen LogP contribution in [0.3, 0.4) is 0 Å². The second kappa shape index (κ2) is 7.99. The first kappa shape index (κ1) is 15.8. The van der Waals surface area contributed by atoms with Gasteiger partial charge in [-0.2, -0.15) is 0 Å². The van der Waals surface area contributed by atoms with Crippen molar-refractivity contribution in [3.8, 4) is 11.5 Å². The van der Waals surface area contributed by atoms with Crippen LogP contribution in [0.1, 0.15) is 19.4 Å². The quantitative estimate of drug-likeness (QED) is 0.746. The van der Waals surface area contributed by atoms with Crippen molar-refractivity contribution < 1.29 is 24.4 Å². The highest BCUT2D eigenvalue weighted by molar-refractivity contribution is 5.42. The van der Waals surface area contributed by atoms with Gasteiger partial charge >= 0.3 is 0 Å². The molecule has 0 aliphatic carbocycles. The van der Waals surface area contributed by atoms with Crippen molar-refractivity contribution in [1.29, 1.82) is 0 Å². The van der Waals surface area contributed by atoms with Crippen LogP contribution >= 0.6 is 0 Å². The smallest absolute Gasteiger partial charge is 0.161 e. The third-order valence-electron chi connectivity index (χ3n) is 2.46. The van der Waals surface area contributed by atoms with Crippen molar-refractivity contribution in [2.45, 2.75) is 32.7 Å². The zero-order chi connectivity index (χ0) is 14.3. The molecule has 108 valence electrons. The molecule has 1 rings (SSSR count). The Bertz CT molecular complexity index is 378. The Hall–Kier alpha value is -1.30. The van der Waals surface area contributed by atoms with Crippen molar-refractivity contribution in [3.63, 3.8) is 0 Å².